The minimum atomic E-state index is -2.80. The zero-order chi connectivity index (χ0) is 11.6. The van der Waals surface area contributed by atoms with E-state index in [1.54, 1.807) is 0 Å². The third-order valence-electron chi connectivity index (χ3n) is 3.74. The number of nitriles is 1. The zero-order valence-electron chi connectivity index (χ0n) is 9.43. The van der Waals surface area contributed by atoms with Crippen LogP contribution in [0.15, 0.2) is 0 Å². The second-order valence-corrected chi connectivity index (χ2v) is 7.08. The Morgan fingerprint density at radius 2 is 1.75 bits per heavy atom. The Bertz CT molecular complexity index is 371. The van der Waals surface area contributed by atoms with Gasteiger partial charge in [-0.15, -0.1) is 0 Å². The smallest absolute Gasteiger partial charge is 0.152 e. The molecule has 5 heteroatoms. The van der Waals surface area contributed by atoms with Crippen molar-refractivity contribution in [3.05, 3.63) is 0 Å². The van der Waals surface area contributed by atoms with Gasteiger partial charge >= 0.3 is 0 Å². The van der Waals surface area contributed by atoms with Gasteiger partial charge in [-0.2, -0.15) is 5.26 Å². The van der Waals surface area contributed by atoms with Crippen molar-refractivity contribution in [3.63, 3.8) is 0 Å². The van der Waals surface area contributed by atoms with Crippen LogP contribution in [-0.4, -0.2) is 44.0 Å². The highest BCUT2D eigenvalue weighted by atomic mass is 32.2. The fourth-order valence-corrected chi connectivity index (χ4v) is 3.99. The molecule has 0 amide bonds. The zero-order valence-corrected chi connectivity index (χ0v) is 10.2. The first-order valence-electron chi connectivity index (χ1n) is 5.96. The third kappa shape index (κ3) is 2.55. The predicted molar refractivity (Wildman–Crippen MR) is 61.6 cm³/mol. The summed E-state index contributed by atoms with van der Waals surface area (Å²) in [6, 6.07) is 2.68. The number of hydrogen-bond donors (Lipinski definition) is 0. The van der Waals surface area contributed by atoms with Crippen molar-refractivity contribution in [2.45, 2.75) is 31.7 Å². The van der Waals surface area contributed by atoms with E-state index in [2.05, 4.69) is 11.0 Å². The van der Waals surface area contributed by atoms with Crippen molar-refractivity contribution in [3.8, 4) is 6.07 Å². The monoisotopic (exact) mass is 242 g/mol. The van der Waals surface area contributed by atoms with E-state index < -0.39 is 9.84 Å². The van der Waals surface area contributed by atoms with E-state index in [4.69, 9.17) is 5.26 Å². The van der Waals surface area contributed by atoms with Crippen molar-refractivity contribution in [1.29, 1.82) is 5.26 Å². The molecule has 1 aliphatic heterocycles. The van der Waals surface area contributed by atoms with Crippen LogP contribution in [-0.2, 0) is 9.84 Å². The van der Waals surface area contributed by atoms with Crippen molar-refractivity contribution < 1.29 is 8.42 Å². The molecule has 0 spiro atoms. The maximum atomic E-state index is 11.3. The van der Waals surface area contributed by atoms with Gasteiger partial charge in [-0.3, -0.25) is 4.90 Å². The topological polar surface area (TPSA) is 61.2 Å². The van der Waals surface area contributed by atoms with E-state index in [-0.39, 0.29) is 17.4 Å². The second-order valence-electron chi connectivity index (χ2n) is 4.78. The lowest BCUT2D eigenvalue weighted by Crippen LogP contribution is -2.49. The van der Waals surface area contributed by atoms with Gasteiger partial charge in [0.15, 0.2) is 9.84 Å². The van der Waals surface area contributed by atoms with Gasteiger partial charge in [0.25, 0.3) is 0 Å². The molecule has 2 aliphatic rings. The van der Waals surface area contributed by atoms with Gasteiger partial charge in [-0.25, -0.2) is 8.42 Å². The molecule has 0 radical (unpaired) electrons. The fraction of sp³-hybridized carbons (Fsp3) is 0.909. The van der Waals surface area contributed by atoms with Gasteiger partial charge in [-0.1, -0.05) is 12.8 Å². The molecule has 0 aromatic heterocycles. The van der Waals surface area contributed by atoms with Crippen LogP contribution < -0.4 is 0 Å². The molecule has 0 bridgehead atoms. The van der Waals surface area contributed by atoms with Crippen molar-refractivity contribution in [2.75, 3.05) is 24.6 Å². The van der Waals surface area contributed by atoms with Gasteiger partial charge in [-0.05, 0) is 12.8 Å². The molecule has 0 aromatic rings. The van der Waals surface area contributed by atoms with Crippen LogP contribution in [0.25, 0.3) is 0 Å². The Hall–Kier alpha value is -0.600. The largest absolute Gasteiger partial charge is 0.297 e. The normalized spacial score (nSPS) is 35.4. The van der Waals surface area contributed by atoms with Crippen LogP contribution in [0.2, 0.25) is 0 Å². The highest BCUT2D eigenvalue weighted by Gasteiger charge is 2.33. The molecule has 2 rings (SSSR count). The summed E-state index contributed by atoms with van der Waals surface area (Å²) in [4.78, 5) is 2.22. The lowest BCUT2D eigenvalue weighted by atomic mass is 9.84. The number of nitrogens with zero attached hydrogens (tertiary/aromatic N) is 2. The minimum absolute atomic E-state index is 0.106. The summed E-state index contributed by atoms with van der Waals surface area (Å²) < 4.78 is 22.7. The summed E-state index contributed by atoms with van der Waals surface area (Å²) in [5.74, 6) is 0.637. The van der Waals surface area contributed by atoms with Crippen LogP contribution in [0.3, 0.4) is 0 Å². The first-order chi connectivity index (χ1) is 7.62. The van der Waals surface area contributed by atoms with Crippen LogP contribution in [0, 0.1) is 17.2 Å². The van der Waals surface area contributed by atoms with Crippen molar-refractivity contribution in [1.82, 2.24) is 4.90 Å². The van der Waals surface area contributed by atoms with E-state index >= 15 is 0 Å². The Labute approximate surface area is 97.2 Å². The molecule has 90 valence electrons. The second kappa shape index (κ2) is 4.72. The fourth-order valence-electron chi connectivity index (χ4n) is 2.76. The summed E-state index contributed by atoms with van der Waals surface area (Å²) in [7, 11) is -2.80. The molecule has 16 heavy (non-hydrogen) atoms. The molecule has 4 nitrogen and oxygen atoms in total. The number of rotatable bonds is 1. The highest BCUT2D eigenvalue weighted by molar-refractivity contribution is 7.91. The van der Waals surface area contributed by atoms with Gasteiger partial charge in [0.1, 0.15) is 0 Å². The van der Waals surface area contributed by atoms with E-state index in [9.17, 15) is 8.42 Å². The van der Waals surface area contributed by atoms with Gasteiger partial charge in [0.2, 0.25) is 0 Å². The summed E-state index contributed by atoms with van der Waals surface area (Å²) in [5, 5.41) is 9.10. The first-order valence-corrected chi connectivity index (χ1v) is 7.78. The summed E-state index contributed by atoms with van der Waals surface area (Å²) in [6.07, 6.45) is 4.34. The Balaban J connectivity index is 2.00. The Kier molecular flexibility index (Phi) is 3.50. The lowest BCUT2D eigenvalue weighted by Gasteiger charge is -2.39. The first kappa shape index (κ1) is 11.9. The molecule has 1 heterocycles. The Morgan fingerprint density at radius 1 is 1.12 bits per heavy atom. The van der Waals surface area contributed by atoms with E-state index in [0.717, 1.165) is 19.3 Å². The van der Waals surface area contributed by atoms with Crippen LogP contribution in [0.5, 0.6) is 0 Å². The maximum absolute atomic E-state index is 11.3. The van der Waals surface area contributed by atoms with Crippen LogP contribution in [0.4, 0.5) is 0 Å². The Morgan fingerprint density at radius 3 is 2.38 bits per heavy atom. The van der Waals surface area contributed by atoms with Crippen LogP contribution in [0.1, 0.15) is 25.7 Å². The minimum Gasteiger partial charge on any atom is -0.297 e. The summed E-state index contributed by atoms with van der Waals surface area (Å²) in [5.41, 5.74) is 0. The molecule has 2 unspecified atom stereocenters. The third-order valence-corrected chi connectivity index (χ3v) is 5.35. The molecule has 0 aromatic carbocycles. The molecule has 2 fully saturated rings. The molecule has 1 saturated carbocycles. The number of sulfone groups is 1. The van der Waals surface area contributed by atoms with E-state index in [0.29, 0.717) is 19.1 Å². The van der Waals surface area contributed by atoms with Crippen molar-refractivity contribution >= 4 is 9.84 Å². The maximum Gasteiger partial charge on any atom is 0.152 e. The average molecular weight is 242 g/mol. The highest BCUT2D eigenvalue weighted by Crippen LogP contribution is 2.28. The SMILES string of the molecule is N#CC1CCCCC1N1CCS(=O)(=O)CC1. The summed E-state index contributed by atoms with van der Waals surface area (Å²) >= 11 is 0. The molecule has 1 aliphatic carbocycles. The molecule has 1 saturated heterocycles. The van der Waals surface area contributed by atoms with E-state index in [1.807, 2.05) is 0 Å². The van der Waals surface area contributed by atoms with Crippen LogP contribution >= 0.6 is 0 Å². The summed E-state index contributed by atoms with van der Waals surface area (Å²) in [6.45, 7) is 1.23. The molecular weight excluding hydrogens is 224 g/mol. The molecular formula is C11H18N2O2S. The lowest BCUT2D eigenvalue weighted by molar-refractivity contribution is 0.137. The predicted octanol–water partition coefficient (Wildman–Crippen LogP) is 0.799. The number of hydrogen-bond acceptors (Lipinski definition) is 4. The van der Waals surface area contributed by atoms with Crippen molar-refractivity contribution in [2.24, 2.45) is 5.92 Å². The van der Waals surface area contributed by atoms with Gasteiger partial charge < -0.3 is 0 Å². The van der Waals surface area contributed by atoms with Gasteiger partial charge in [0.05, 0.1) is 23.5 Å². The molecule has 0 N–H and O–H groups in total. The average Bonchev–Trinajstić information content (AvgIpc) is 2.29. The molecule has 2 atom stereocenters. The quantitative estimate of drug-likeness (QED) is 0.682. The van der Waals surface area contributed by atoms with Gasteiger partial charge in [0, 0.05) is 19.1 Å². The standard InChI is InChI=1S/C11H18N2O2S/c12-9-10-3-1-2-4-11(10)13-5-7-16(14,15)8-6-13/h10-11H,1-8H2. The van der Waals surface area contributed by atoms with E-state index in [1.165, 1.54) is 6.42 Å².